The molecule has 0 aromatic heterocycles. The van der Waals surface area contributed by atoms with E-state index < -0.39 is 6.10 Å². The number of hydrogen-bond acceptors (Lipinski definition) is 5. The standard InChI is InChI=1S/C24H41N5O2.HI/c1-3-25-24(27-22-10-14-28(15-11-22)12-6-16-31-2)26-17-23(30)19-29-13-9-20-7-4-5-8-21(20)18-29;/h4-5,7-8,22-23,30H,3,6,9-19H2,1-2H3,(H2,25,26,27);1H. The molecule has 0 spiro atoms. The highest BCUT2D eigenvalue weighted by molar-refractivity contribution is 14.0. The first-order valence-corrected chi connectivity index (χ1v) is 11.9. The molecular weight excluding hydrogens is 517 g/mol. The van der Waals surface area contributed by atoms with Crippen LogP contribution in [0.1, 0.15) is 37.3 Å². The zero-order chi connectivity index (χ0) is 21.9. The molecule has 182 valence electrons. The molecule has 1 atom stereocenters. The number of fused-ring (bicyclic) bond motifs is 1. The van der Waals surface area contributed by atoms with Crippen LogP contribution in [0.2, 0.25) is 0 Å². The zero-order valence-electron chi connectivity index (χ0n) is 19.8. The van der Waals surface area contributed by atoms with Crippen molar-refractivity contribution in [1.82, 2.24) is 20.4 Å². The third-order valence-corrected chi connectivity index (χ3v) is 6.23. The molecule has 1 fully saturated rings. The molecule has 32 heavy (non-hydrogen) atoms. The number of guanidine groups is 1. The summed E-state index contributed by atoms with van der Waals surface area (Å²) < 4.78 is 5.16. The number of aliphatic imine (C=N–C) groups is 1. The third-order valence-electron chi connectivity index (χ3n) is 6.23. The van der Waals surface area contributed by atoms with Crippen molar-refractivity contribution in [2.75, 3.05) is 59.5 Å². The Labute approximate surface area is 211 Å². The van der Waals surface area contributed by atoms with Crippen molar-refractivity contribution in [2.24, 2.45) is 4.99 Å². The maximum absolute atomic E-state index is 10.6. The number of hydrogen-bond donors (Lipinski definition) is 3. The summed E-state index contributed by atoms with van der Waals surface area (Å²) >= 11 is 0. The Morgan fingerprint density at radius 2 is 1.94 bits per heavy atom. The van der Waals surface area contributed by atoms with E-state index in [-0.39, 0.29) is 24.0 Å². The van der Waals surface area contributed by atoms with Gasteiger partial charge in [0.1, 0.15) is 0 Å². The summed E-state index contributed by atoms with van der Waals surface area (Å²) in [6.45, 7) is 10.1. The number of methoxy groups -OCH3 is 1. The summed E-state index contributed by atoms with van der Waals surface area (Å²) in [6, 6.07) is 9.06. The summed E-state index contributed by atoms with van der Waals surface area (Å²) in [6.07, 6.45) is 3.93. The molecule has 3 N–H and O–H groups in total. The SMILES string of the molecule is CCNC(=NCC(O)CN1CCc2ccccc2C1)NC1CCN(CCCOC)CC1.I. The van der Waals surface area contributed by atoms with E-state index in [0.29, 0.717) is 19.1 Å². The minimum absolute atomic E-state index is 0. The van der Waals surface area contributed by atoms with Gasteiger partial charge in [0.25, 0.3) is 0 Å². The molecule has 2 aliphatic heterocycles. The molecule has 1 unspecified atom stereocenters. The first-order valence-electron chi connectivity index (χ1n) is 11.9. The molecule has 2 aliphatic rings. The van der Waals surface area contributed by atoms with Gasteiger partial charge in [0.2, 0.25) is 0 Å². The van der Waals surface area contributed by atoms with Crippen LogP contribution in [0.3, 0.4) is 0 Å². The average molecular weight is 560 g/mol. The molecule has 3 rings (SSSR count). The quantitative estimate of drug-likeness (QED) is 0.177. The molecule has 8 heteroatoms. The lowest BCUT2D eigenvalue weighted by atomic mass is 10.00. The predicted molar refractivity (Wildman–Crippen MR) is 142 cm³/mol. The van der Waals surface area contributed by atoms with E-state index in [1.165, 1.54) is 11.1 Å². The van der Waals surface area contributed by atoms with Crippen molar-refractivity contribution < 1.29 is 9.84 Å². The third kappa shape index (κ3) is 9.13. The van der Waals surface area contributed by atoms with E-state index in [4.69, 9.17) is 4.74 Å². The highest BCUT2D eigenvalue weighted by atomic mass is 127. The maximum Gasteiger partial charge on any atom is 0.191 e. The second-order valence-electron chi connectivity index (χ2n) is 8.73. The second-order valence-corrected chi connectivity index (χ2v) is 8.73. The lowest BCUT2D eigenvalue weighted by Gasteiger charge is -2.33. The average Bonchev–Trinajstić information content (AvgIpc) is 2.79. The molecule has 0 amide bonds. The van der Waals surface area contributed by atoms with Crippen LogP contribution in [0, 0.1) is 0 Å². The first-order chi connectivity index (χ1) is 15.2. The van der Waals surface area contributed by atoms with Crippen LogP contribution in [0.15, 0.2) is 29.3 Å². The molecule has 0 radical (unpaired) electrons. The molecule has 1 aromatic carbocycles. The minimum atomic E-state index is -0.455. The highest BCUT2D eigenvalue weighted by Crippen LogP contribution is 2.18. The number of benzene rings is 1. The van der Waals surface area contributed by atoms with Crippen LogP contribution >= 0.6 is 24.0 Å². The molecule has 7 nitrogen and oxygen atoms in total. The zero-order valence-corrected chi connectivity index (χ0v) is 22.1. The van der Waals surface area contributed by atoms with E-state index >= 15 is 0 Å². The monoisotopic (exact) mass is 559 g/mol. The number of nitrogens with zero attached hydrogens (tertiary/aromatic N) is 3. The Morgan fingerprint density at radius 1 is 1.19 bits per heavy atom. The largest absolute Gasteiger partial charge is 0.390 e. The van der Waals surface area contributed by atoms with Gasteiger partial charge in [-0.15, -0.1) is 24.0 Å². The summed E-state index contributed by atoms with van der Waals surface area (Å²) in [5.74, 6) is 0.823. The van der Waals surface area contributed by atoms with E-state index in [2.05, 4.69) is 56.6 Å². The van der Waals surface area contributed by atoms with Crippen molar-refractivity contribution in [3.63, 3.8) is 0 Å². The number of β-amino-alcohol motifs (C(OH)–C–C–N with tert-alkyl or cyclic N) is 1. The number of piperidine rings is 1. The van der Waals surface area contributed by atoms with Gasteiger partial charge in [0.15, 0.2) is 5.96 Å². The van der Waals surface area contributed by atoms with Crippen molar-refractivity contribution >= 4 is 29.9 Å². The van der Waals surface area contributed by atoms with Crippen LogP contribution < -0.4 is 10.6 Å². The Hall–Kier alpha value is -0.940. The fourth-order valence-corrected chi connectivity index (χ4v) is 4.51. The van der Waals surface area contributed by atoms with Gasteiger partial charge in [-0.3, -0.25) is 9.89 Å². The van der Waals surface area contributed by atoms with E-state index in [0.717, 1.165) is 77.5 Å². The van der Waals surface area contributed by atoms with Crippen LogP contribution in [0.25, 0.3) is 0 Å². The van der Waals surface area contributed by atoms with Crippen molar-refractivity contribution in [3.05, 3.63) is 35.4 Å². The molecule has 2 heterocycles. The summed E-state index contributed by atoms with van der Waals surface area (Å²) in [4.78, 5) is 9.54. The topological polar surface area (TPSA) is 72.4 Å². The van der Waals surface area contributed by atoms with Crippen LogP contribution in [0.5, 0.6) is 0 Å². The van der Waals surface area contributed by atoms with Crippen molar-refractivity contribution in [1.29, 1.82) is 0 Å². The van der Waals surface area contributed by atoms with Gasteiger partial charge in [-0.1, -0.05) is 24.3 Å². The number of likely N-dealkylation sites (tertiary alicyclic amines) is 1. The van der Waals surface area contributed by atoms with Gasteiger partial charge < -0.3 is 25.4 Å². The minimum Gasteiger partial charge on any atom is -0.390 e. The molecule has 0 bridgehead atoms. The highest BCUT2D eigenvalue weighted by Gasteiger charge is 2.21. The van der Waals surface area contributed by atoms with E-state index in [9.17, 15) is 5.11 Å². The number of rotatable bonds is 10. The van der Waals surface area contributed by atoms with Gasteiger partial charge in [-0.05, 0) is 43.7 Å². The fraction of sp³-hybridized carbons (Fsp3) is 0.708. The Morgan fingerprint density at radius 3 is 2.66 bits per heavy atom. The molecular formula is C24H42IN5O2. The lowest BCUT2D eigenvalue weighted by Crippen LogP contribution is -2.49. The van der Waals surface area contributed by atoms with Gasteiger partial charge >= 0.3 is 0 Å². The Bertz CT molecular complexity index is 682. The maximum atomic E-state index is 10.6. The lowest BCUT2D eigenvalue weighted by molar-refractivity contribution is 0.111. The van der Waals surface area contributed by atoms with Crippen molar-refractivity contribution in [3.8, 4) is 0 Å². The Kier molecular flexibility index (Phi) is 12.8. The van der Waals surface area contributed by atoms with E-state index in [1.54, 1.807) is 7.11 Å². The van der Waals surface area contributed by atoms with Crippen molar-refractivity contribution in [2.45, 2.75) is 51.3 Å². The number of ether oxygens (including phenoxy) is 1. The van der Waals surface area contributed by atoms with Crippen LogP contribution in [-0.2, 0) is 17.7 Å². The second kappa shape index (κ2) is 15.1. The molecule has 0 aliphatic carbocycles. The molecule has 1 saturated heterocycles. The van der Waals surface area contributed by atoms with Gasteiger partial charge in [0, 0.05) is 65.6 Å². The summed E-state index contributed by atoms with van der Waals surface area (Å²) in [7, 11) is 1.76. The predicted octanol–water partition coefficient (Wildman–Crippen LogP) is 2.08. The van der Waals surface area contributed by atoms with Gasteiger partial charge in [-0.25, -0.2) is 0 Å². The summed E-state index contributed by atoms with van der Waals surface area (Å²) in [5.41, 5.74) is 2.82. The smallest absolute Gasteiger partial charge is 0.191 e. The first kappa shape index (κ1) is 27.3. The molecule has 0 saturated carbocycles. The fourth-order valence-electron chi connectivity index (χ4n) is 4.51. The number of nitrogens with one attached hydrogen (secondary N) is 2. The van der Waals surface area contributed by atoms with Gasteiger partial charge in [-0.2, -0.15) is 0 Å². The normalized spacial score (nSPS) is 19.2. The summed E-state index contributed by atoms with van der Waals surface area (Å²) in [5, 5.41) is 17.5. The Balaban J connectivity index is 0.00000363. The number of halogens is 1. The van der Waals surface area contributed by atoms with Crippen LogP contribution in [-0.4, -0.2) is 92.5 Å². The molecule has 1 aromatic rings. The number of aliphatic hydroxyl groups excluding tert-OH is 1. The number of aliphatic hydroxyl groups is 1. The van der Waals surface area contributed by atoms with Crippen LogP contribution in [0.4, 0.5) is 0 Å². The van der Waals surface area contributed by atoms with Gasteiger partial charge in [0.05, 0.1) is 12.6 Å². The van der Waals surface area contributed by atoms with E-state index in [1.807, 2.05) is 0 Å².